The molecule has 0 unspecified atom stereocenters. The Labute approximate surface area is 136 Å². The molecule has 2 N–H and O–H groups in total. The van der Waals surface area contributed by atoms with Crippen molar-refractivity contribution in [3.05, 3.63) is 62.3 Å². The fourth-order valence-corrected chi connectivity index (χ4v) is 2.48. The Kier molecular flexibility index (Phi) is 4.74. The van der Waals surface area contributed by atoms with Crippen molar-refractivity contribution in [2.24, 2.45) is 0 Å². The van der Waals surface area contributed by atoms with Crippen molar-refractivity contribution in [2.75, 3.05) is 5.32 Å². The molecule has 0 aromatic heterocycles. The summed E-state index contributed by atoms with van der Waals surface area (Å²) in [5.74, 6) is -2.35. The predicted molar refractivity (Wildman–Crippen MR) is 83.2 cm³/mol. The van der Waals surface area contributed by atoms with E-state index in [1.807, 2.05) is 0 Å². The van der Waals surface area contributed by atoms with Crippen LogP contribution in [-0.2, 0) is 0 Å². The highest BCUT2D eigenvalue weighted by Gasteiger charge is 2.17. The fraction of sp³-hybridized carbons (Fsp3) is 0. The average molecular weight is 417 g/mol. The van der Waals surface area contributed by atoms with Gasteiger partial charge in [-0.3, -0.25) is 4.79 Å². The molecule has 2 rings (SSSR count). The van der Waals surface area contributed by atoms with Gasteiger partial charge in [-0.15, -0.1) is 0 Å². The molecule has 108 valence electrons. The van der Waals surface area contributed by atoms with Crippen LogP contribution >= 0.6 is 31.9 Å². The molecule has 0 radical (unpaired) electrons. The molecular weight excluding hydrogens is 409 g/mol. The van der Waals surface area contributed by atoms with Gasteiger partial charge in [-0.05, 0) is 46.3 Å². The number of anilines is 1. The van der Waals surface area contributed by atoms with Crippen LogP contribution in [0.4, 0.5) is 10.1 Å². The van der Waals surface area contributed by atoms with Gasteiger partial charge in [-0.2, -0.15) is 0 Å². The number of amides is 1. The number of benzene rings is 2. The summed E-state index contributed by atoms with van der Waals surface area (Å²) in [7, 11) is 0. The summed E-state index contributed by atoms with van der Waals surface area (Å²) in [6.07, 6.45) is 0. The summed E-state index contributed by atoms with van der Waals surface area (Å²) in [6, 6.07) is 8.42. The van der Waals surface area contributed by atoms with Gasteiger partial charge >= 0.3 is 5.97 Å². The molecule has 0 heterocycles. The van der Waals surface area contributed by atoms with Gasteiger partial charge in [0.2, 0.25) is 0 Å². The number of aromatic carboxylic acids is 1. The first-order chi connectivity index (χ1) is 9.90. The minimum Gasteiger partial charge on any atom is -0.478 e. The second kappa shape index (κ2) is 6.36. The molecular formula is C14H8Br2FNO3. The third-order valence-electron chi connectivity index (χ3n) is 2.66. The summed E-state index contributed by atoms with van der Waals surface area (Å²) in [4.78, 5) is 23.3. The SMILES string of the molecule is O=C(O)c1ccc(Br)cc1NC(=O)c1cccc(F)c1Br. The van der Waals surface area contributed by atoms with Crippen molar-refractivity contribution in [1.29, 1.82) is 0 Å². The van der Waals surface area contributed by atoms with Crippen LogP contribution in [0, 0.1) is 5.82 Å². The maximum absolute atomic E-state index is 13.4. The van der Waals surface area contributed by atoms with E-state index in [0.717, 1.165) is 0 Å². The Morgan fingerprint density at radius 3 is 2.48 bits per heavy atom. The summed E-state index contributed by atoms with van der Waals surface area (Å²) >= 11 is 6.20. The van der Waals surface area contributed by atoms with E-state index in [0.29, 0.717) is 4.47 Å². The number of rotatable bonds is 3. The molecule has 21 heavy (non-hydrogen) atoms. The Hall–Kier alpha value is -1.73. The van der Waals surface area contributed by atoms with Crippen LogP contribution in [0.1, 0.15) is 20.7 Å². The minimum absolute atomic E-state index is 0.0226. The number of halogens is 3. The highest BCUT2D eigenvalue weighted by Crippen LogP contribution is 2.25. The van der Waals surface area contributed by atoms with E-state index in [2.05, 4.69) is 37.2 Å². The van der Waals surface area contributed by atoms with Crippen LogP contribution in [0.25, 0.3) is 0 Å². The van der Waals surface area contributed by atoms with Crippen LogP contribution < -0.4 is 5.32 Å². The van der Waals surface area contributed by atoms with Gasteiger partial charge in [0.15, 0.2) is 0 Å². The summed E-state index contributed by atoms with van der Waals surface area (Å²) in [6.45, 7) is 0. The van der Waals surface area contributed by atoms with Crippen LogP contribution in [0.3, 0.4) is 0 Å². The van der Waals surface area contributed by atoms with Crippen LogP contribution in [0.2, 0.25) is 0 Å². The largest absolute Gasteiger partial charge is 0.478 e. The molecule has 0 aliphatic carbocycles. The van der Waals surface area contributed by atoms with Gasteiger partial charge in [0.1, 0.15) is 5.82 Å². The van der Waals surface area contributed by atoms with Crippen molar-refractivity contribution in [2.45, 2.75) is 0 Å². The molecule has 0 aliphatic rings. The monoisotopic (exact) mass is 415 g/mol. The quantitative estimate of drug-likeness (QED) is 0.783. The Balaban J connectivity index is 2.38. The lowest BCUT2D eigenvalue weighted by atomic mass is 10.1. The lowest BCUT2D eigenvalue weighted by Crippen LogP contribution is -2.15. The van der Waals surface area contributed by atoms with Gasteiger partial charge in [0.05, 0.1) is 21.3 Å². The van der Waals surface area contributed by atoms with Gasteiger partial charge in [-0.1, -0.05) is 22.0 Å². The first kappa shape index (κ1) is 15.7. The summed E-state index contributed by atoms with van der Waals surface area (Å²) in [5.41, 5.74) is 0.142. The van der Waals surface area contributed by atoms with Crippen LogP contribution in [0.15, 0.2) is 45.3 Å². The number of carboxylic acid groups (broad SMARTS) is 1. The normalized spacial score (nSPS) is 10.2. The lowest BCUT2D eigenvalue weighted by Gasteiger charge is -2.10. The zero-order chi connectivity index (χ0) is 15.6. The second-order valence-electron chi connectivity index (χ2n) is 4.05. The molecule has 7 heteroatoms. The molecule has 4 nitrogen and oxygen atoms in total. The number of hydrogen-bond donors (Lipinski definition) is 2. The molecule has 0 bridgehead atoms. The van der Waals surface area contributed by atoms with Crippen LogP contribution in [-0.4, -0.2) is 17.0 Å². The van der Waals surface area contributed by atoms with Gasteiger partial charge in [-0.25, -0.2) is 9.18 Å². The maximum Gasteiger partial charge on any atom is 0.337 e. The summed E-state index contributed by atoms with van der Waals surface area (Å²) in [5, 5.41) is 11.6. The molecule has 0 saturated carbocycles. The van der Waals surface area contributed by atoms with Crippen molar-refractivity contribution in [1.82, 2.24) is 0 Å². The molecule has 0 atom stereocenters. The Morgan fingerprint density at radius 1 is 1.10 bits per heavy atom. The minimum atomic E-state index is -1.17. The molecule has 2 aromatic rings. The number of nitrogens with one attached hydrogen (secondary N) is 1. The predicted octanol–water partition coefficient (Wildman–Crippen LogP) is 4.30. The lowest BCUT2D eigenvalue weighted by molar-refractivity contribution is 0.0698. The fourth-order valence-electron chi connectivity index (χ4n) is 1.68. The van der Waals surface area contributed by atoms with Crippen molar-refractivity contribution < 1.29 is 19.1 Å². The molecule has 0 spiro atoms. The van der Waals surface area contributed by atoms with Gasteiger partial charge in [0, 0.05) is 4.47 Å². The third kappa shape index (κ3) is 3.48. The smallest absolute Gasteiger partial charge is 0.337 e. The van der Waals surface area contributed by atoms with E-state index in [4.69, 9.17) is 5.11 Å². The topological polar surface area (TPSA) is 66.4 Å². The van der Waals surface area contributed by atoms with Crippen LogP contribution in [0.5, 0.6) is 0 Å². The standard InChI is InChI=1S/C14H8Br2FNO3/c15-7-4-5-8(14(20)21)11(6-7)18-13(19)9-2-1-3-10(17)12(9)16/h1-6H,(H,18,19)(H,20,21). The Morgan fingerprint density at radius 2 is 1.81 bits per heavy atom. The molecule has 1 amide bonds. The first-order valence-corrected chi connectivity index (χ1v) is 7.27. The average Bonchev–Trinajstić information content (AvgIpc) is 2.41. The van der Waals surface area contributed by atoms with E-state index in [9.17, 15) is 14.0 Å². The maximum atomic E-state index is 13.4. The zero-order valence-electron chi connectivity index (χ0n) is 10.4. The first-order valence-electron chi connectivity index (χ1n) is 5.68. The highest BCUT2D eigenvalue weighted by atomic mass is 79.9. The van der Waals surface area contributed by atoms with Gasteiger partial charge in [0.25, 0.3) is 5.91 Å². The third-order valence-corrected chi connectivity index (χ3v) is 3.96. The number of carboxylic acids is 1. The second-order valence-corrected chi connectivity index (χ2v) is 5.76. The number of carbonyl (C=O) groups is 2. The van der Waals surface area contributed by atoms with Crippen molar-refractivity contribution in [3.8, 4) is 0 Å². The van der Waals surface area contributed by atoms with E-state index < -0.39 is 17.7 Å². The van der Waals surface area contributed by atoms with Crippen molar-refractivity contribution >= 4 is 49.4 Å². The van der Waals surface area contributed by atoms with E-state index in [-0.39, 0.29) is 21.3 Å². The van der Waals surface area contributed by atoms with E-state index in [1.165, 1.54) is 30.3 Å². The Bertz CT molecular complexity index is 734. The zero-order valence-corrected chi connectivity index (χ0v) is 13.5. The number of hydrogen-bond acceptors (Lipinski definition) is 2. The molecule has 2 aromatic carbocycles. The molecule has 0 saturated heterocycles. The number of carbonyl (C=O) groups excluding carboxylic acids is 1. The van der Waals surface area contributed by atoms with Crippen molar-refractivity contribution in [3.63, 3.8) is 0 Å². The summed E-state index contributed by atoms with van der Waals surface area (Å²) < 4.78 is 14.1. The van der Waals surface area contributed by atoms with E-state index >= 15 is 0 Å². The molecule has 0 fully saturated rings. The van der Waals surface area contributed by atoms with Gasteiger partial charge < -0.3 is 10.4 Å². The molecule has 0 aliphatic heterocycles. The van der Waals surface area contributed by atoms with E-state index in [1.54, 1.807) is 6.07 Å². The highest BCUT2D eigenvalue weighted by molar-refractivity contribution is 9.10.